The van der Waals surface area contributed by atoms with Crippen LogP contribution in [-0.2, 0) is 17.8 Å². The molecule has 0 radical (unpaired) electrons. The lowest BCUT2D eigenvalue weighted by atomic mass is 10.8. The summed E-state index contributed by atoms with van der Waals surface area (Å²) in [6.07, 6.45) is 0. The number of hydrogen-bond donors (Lipinski definition) is 0. The van der Waals surface area contributed by atoms with E-state index in [0.717, 1.165) is 0 Å². The van der Waals surface area contributed by atoms with Crippen molar-refractivity contribution in [2.75, 3.05) is 11.8 Å². The molecule has 0 heterocycles. The fourth-order valence-corrected chi connectivity index (χ4v) is 5.84. The molecule has 0 saturated heterocycles. The summed E-state index contributed by atoms with van der Waals surface area (Å²) >= 11 is 33.7. The van der Waals surface area contributed by atoms with Crippen molar-refractivity contribution in [3.8, 4) is 0 Å². The van der Waals surface area contributed by atoms with E-state index in [-0.39, 0.29) is 11.8 Å². The SMILES string of the molecule is C[Si](C)(C)OP(=O)(OC(Cl)(Cl)CCl)OC(Cl)(Cl)CCl. The number of hydrogen-bond acceptors (Lipinski definition) is 4. The molecule has 0 aliphatic heterocycles. The Morgan fingerprint density at radius 3 is 1.47 bits per heavy atom. The molecular formula is C7H13Cl6O4PSi. The predicted molar refractivity (Wildman–Crippen MR) is 84.5 cm³/mol. The maximum absolute atomic E-state index is 12.5. The summed E-state index contributed by atoms with van der Waals surface area (Å²) in [5, 5.41) is 0. The molecule has 19 heavy (non-hydrogen) atoms. The first-order valence-electron chi connectivity index (χ1n) is 4.84. The number of phosphoric ester groups is 1. The highest BCUT2D eigenvalue weighted by atomic mass is 35.5. The van der Waals surface area contributed by atoms with Crippen molar-refractivity contribution in [2.45, 2.75) is 28.7 Å². The minimum absolute atomic E-state index is 0.378. The molecule has 0 rings (SSSR count). The van der Waals surface area contributed by atoms with Crippen LogP contribution in [0.1, 0.15) is 0 Å². The molecule has 0 aliphatic rings. The van der Waals surface area contributed by atoms with Crippen molar-refractivity contribution < 1.29 is 17.8 Å². The van der Waals surface area contributed by atoms with Crippen LogP contribution in [0.3, 0.4) is 0 Å². The van der Waals surface area contributed by atoms with Gasteiger partial charge < -0.3 is 4.21 Å². The molecule has 0 aromatic carbocycles. The Morgan fingerprint density at radius 1 is 0.947 bits per heavy atom. The largest absolute Gasteiger partial charge is 0.470 e. The van der Waals surface area contributed by atoms with E-state index < -0.39 is 25.2 Å². The average Bonchev–Trinajstić information content (AvgIpc) is 2.12. The maximum atomic E-state index is 12.5. The second-order valence-electron chi connectivity index (χ2n) is 4.38. The van der Waals surface area contributed by atoms with Crippen molar-refractivity contribution in [1.82, 2.24) is 0 Å². The van der Waals surface area contributed by atoms with Crippen molar-refractivity contribution in [3.63, 3.8) is 0 Å². The summed E-state index contributed by atoms with van der Waals surface area (Å²) in [5.41, 5.74) is 0. The molecule has 0 aromatic rings. The summed E-state index contributed by atoms with van der Waals surface area (Å²) in [6, 6.07) is 0. The fraction of sp³-hybridized carbons (Fsp3) is 1.00. The van der Waals surface area contributed by atoms with Crippen LogP contribution in [0.15, 0.2) is 0 Å². The first-order valence-corrected chi connectivity index (χ1v) is 12.3. The number of alkyl halides is 6. The Hall–Kier alpha value is 2.07. The van der Waals surface area contributed by atoms with E-state index in [1.807, 2.05) is 0 Å². The van der Waals surface area contributed by atoms with Crippen LogP contribution in [0.2, 0.25) is 19.6 Å². The van der Waals surface area contributed by atoms with Gasteiger partial charge in [-0.2, -0.15) is 0 Å². The molecule has 0 atom stereocenters. The highest BCUT2D eigenvalue weighted by Crippen LogP contribution is 2.60. The molecule has 0 saturated carbocycles. The Kier molecular flexibility index (Phi) is 8.38. The van der Waals surface area contributed by atoms with E-state index in [2.05, 4.69) is 0 Å². The number of phosphoric acid groups is 1. The van der Waals surface area contributed by atoms with Gasteiger partial charge in [-0.05, 0) is 19.6 Å². The van der Waals surface area contributed by atoms with Crippen molar-refractivity contribution >= 4 is 85.7 Å². The zero-order chi connectivity index (χ0) is 15.5. The van der Waals surface area contributed by atoms with E-state index >= 15 is 0 Å². The van der Waals surface area contributed by atoms with Crippen molar-refractivity contribution in [3.05, 3.63) is 0 Å². The molecule has 0 amide bonds. The molecule has 0 aromatic heterocycles. The lowest BCUT2D eigenvalue weighted by Crippen LogP contribution is -2.31. The third kappa shape index (κ3) is 9.64. The van der Waals surface area contributed by atoms with Crippen LogP contribution < -0.4 is 0 Å². The summed E-state index contributed by atoms with van der Waals surface area (Å²) in [6.45, 7) is 5.21. The van der Waals surface area contributed by atoms with E-state index in [9.17, 15) is 4.57 Å². The van der Waals surface area contributed by atoms with Crippen LogP contribution >= 0.6 is 77.4 Å². The Balaban J connectivity index is 5.20. The minimum atomic E-state index is -4.25. The van der Waals surface area contributed by atoms with Gasteiger partial charge in [0.2, 0.25) is 9.04 Å². The molecule has 4 nitrogen and oxygen atoms in total. The van der Waals surface area contributed by atoms with E-state index in [1.165, 1.54) is 0 Å². The van der Waals surface area contributed by atoms with Gasteiger partial charge in [0, 0.05) is 0 Å². The van der Waals surface area contributed by atoms with Gasteiger partial charge in [-0.15, -0.1) is 23.2 Å². The molecule has 0 fully saturated rings. The third-order valence-corrected chi connectivity index (χ3v) is 7.92. The van der Waals surface area contributed by atoms with Gasteiger partial charge in [-0.1, -0.05) is 46.4 Å². The van der Waals surface area contributed by atoms with Gasteiger partial charge in [-0.25, -0.2) is 13.6 Å². The standard InChI is InChI=1S/C7H13Cl6O4PSi/c1-19(2,3)17-18(14,15-6(10,11)4-8)16-7(12,13)5-9/h4-5H2,1-3H3. The van der Waals surface area contributed by atoms with Gasteiger partial charge in [0.25, 0.3) is 0 Å². The van der Waals surface area contributed by atoms with Gasteiger partial charge in [-0.3, -0.25) is 0 Å². The zero-order valence-electron chi connectivity index (χ0n) is 10.3. The molecular weight excluding hydrogens is 420 g/mol. The first-order chi connectivity index (χ1) is 8.24. The van der Waals surface area contributed by atoms with Crippen LogP contribution in [-0.4, -0.2) is 29.1 Å². The van der Waals surface area contributed by atoms with E-state index in [0.29, 0.717) is 0 Å². The van der Waals surface area contributed by atoms with Gasteiger partial charge in [0.1, 0.15) is 0 Å². The Morgan fingerprint density at radius 2 is 1.26 bits per heavy atom. The molecule has 0 spiro atoms. The molecule has 0 bridgehead atoms. The van der Waals surface area contributed by atoms with E-state index in [4.69, 9.17) is 82.9 Å². The molecule has 0 aliphatic carbocycles. The molecule has 0 N–H and O–H groups in total. The average molecular weight is 433 g/mol. The minimum Gasteiger partial charge on any atom is -0.330 e. The predicted octanol–water partition coefficient (Wildman–Crippen LogP) is 5.72. The topological polar surface area (TPSA) is 44.8 Å². The monoisotopic (exact) mass is 430 g/mol. The molecule has 116 valence electrons. The van der Waals surface area contributed by atoms with Crippen molar-refractivity contribution in [1.29, 1.82) is 0 Å². The van der Waals surface area contributed by atoms with Crippen molar-refractivity contribution in [2.24, 2.45) is 0 Å². The summed E-state index contributed by atoms with van der Waals surface area (Å²) < 4.78 is 23.6. The summed E-state index contributed by atoms with van der Waals surface area (Å²) in [7, 11) is -6.60. The third-order valence-electron chi connectivity index (χ3n) is 1.19. The summed E-state index contributed by atoms with van der Waals surface area (Å²) in [4.78, 5) is 0. The lowest BCUT2D eigenvalue weighted by Gasteiger charge is -2.31. The second kappa shape index (κ2) is 7.56. The van der Waals surface area contributed by atoms with Crippen LogP contribution in [0.25, 0.3) is 0 Å². The van der Waals surface area contributed by atoms with Crippen LogP contribution in [0.4, 0.5) is 0 Å². The lowest BCUT2D eigenvalue weighted by molar-refractivity contribution is 0.116. The van der Waals surface area contributed by atoms with Gasteiger partial charge in [0.15, 0.2) is 8.32 Å². The summed E-state index contributed by atoms with van der Waals surface area (Å²) in [5.74, 6) is -0.756. The van der Waals surface area contributed by atoms with Gasteiger partial charge >= 0.3 is 7.82 Å². The van der Waals surface area contributed by atoms with E-state index in [1.54, 1.807) is 19.6 Å². The smallest absolute Gasteiger partial charge is 0.330 e. The number of halogens is 6. The quantitative estimate of drug-likeness (QED) is 0.279. The molecule has 12 heteroatoms. The second-order valence-corrected chi connectivity index (χ2v) is 14.0. The van der Waals surface area contributed by atoms with Crippen LogP contribution in [0.5, 0.6) is 0 Å². The van der Waals surface area contributed by atoms with Gasteiger partial charge in [0.05, 0.1) is 11.8 Å². The highest BCUT2D eigenvalue weighted by molar-refractivity contribution is 7.50. The number of rotatable bonds is 8. The Bertz CT molecular complexity index is 325. The molecule has 0 unspecified atom stereocenters. The zero-order valence-corrected chi connectivity index (χ0v) is 16.7. The fourth-order valence-electron chi connectivity index (χ4n) is 0.767. The normalized spacial score (nSPS) is 14.8. The van der Waals surface area contributed by atoms with Crippen LogP contribution in [0, 0.1) is 0 Å². The first kappa shape index (κ1) is 21.1. The Labute approximate surface area is 143 Å². The highest BCUT2D eigenvalue weighted by Gasteiger charge is 2.46. The maximum Gasteiger partial charge on any atom is 0.470 e.